The van der Waals surface area contributed by atoms with Crippen LogP contribution in [-0.2, 0) is 6.42 Å². The van der Waals surface area contributed by atoms with Gasteiger partial charge in [-0.05, 0) is 49.8 Å². The zero-order valence-corrected chi connectivity index (χ0v) is 21.4. The summed E-state index contributed by atoms with van der Waals surface area (Å²) in [6.07, 6.45) is 2.78. The summed E-state index contributed by atoms with van der Waals surface area (Å²) in [4.78, 5) is 21.0. The van der Waals surface area contributed by atoms with Crippen molar-refractivity contribution >= 4 is 23.4 Å². The number of carbonyl (C=O) groups excluding carboxylic acids is 1. The molecule has 5 rings (SSSR count). The molecule has 0 spiro atoms. The van der Waals surface area contributed by atoms with Gasteiger partial charge in [0.15, 0.2) is 0 Å². The average Bonchev–Trinajstić information content (AvgIpc) is 3.39. The largest absolute Gasteiger partial charge is 0.334 e. The fraction of sp³-hybridized carbons (Fsp3) is 0.207. The SMILES string of the molecule is CSc1ccc(C2NC(=O)N(CCc3ccccc3)C(C)=C2c2nc(-c3ccc(C)cc3)no2)cc1. The maximum Gasteiger partial charge on any atom is 0.322 e. The van der Waals surface area contributed by atoms with Crippen molar-refractivity contribution in [1.29, 1.82) is 0 Å². The molecular formula is C29H28N4O2S. The lowest BCUT2D eigenvalue weighted by molar-refractivity contribution is 0.205. The van der Waals surface area contributed by atoms with Crippen molar-refractivity contribution in [2.45, 2.75) is 31.2 Å². The van der Waals surface area contributed by atoms with Gasteiger partial charge in [-0.3, -0.25) is 4.90 Å². The summed E-state index contributed by atoms with van der Waals surface area (Å²) in [6.45, 7) is 4.54. The van der Waals surface area contributed by atoms with Crippen molar-refractivity contribution in [3.05, 3.63) is 107 Å². The maximum atomic E-state index is 13.3. The minimum absolute atomic E-state index is 0.135. The third-order valence-corrected chi connectivity index (χ3v) is 7.22. The molecular weight excluding hydrogens is 468 g/mol. The van der Waals surface area contributed by atoms with Gasteiger partial charge in [0, 0.05) is 22.7 Å². The topological polar surface area (TPSA) is 71.3 Å². The first-order valence-electron chi connectivity index (χ1n) is 11.9. The Bertz CT molecular complexity index is 1380. The van der Waals surface area contributed by atoms with Crippen molar-refractivity contribution in [3.63, 3.8) is 0 Å². The van der Waals surface area contributed by atoms with E-state index in [9.17, 15) is 4.79 Å². The Kier molecular flexibility index (Phi) is 6.91. The minimum atomic E-state index is -0.396. The molecule has 3 aromatic carbocycles. The van der Waals surface area contributed by atoms with Crippen molar-refractivity contribution < 1.29 is 9.32 Å². The van der Waals surface area contributed by atoms with Crippen LogP contribution in [0.1, 0.15) is 35.5 Å². The Morgan fingerprint density at radius 3 is 2.39 bits per heavy atom. The standard InChI is InChI=1S/C29H28N4O2S/c1-19-9-11-23(12-10-19)27-31-28(35-32-27)25-20(2)33(18-17-21-7-5-4-6-8-21)29(34)30-26(25)22-13-15-24(36-3)16-14-22/h4-16,26H,17-18H2,1-3H3,(H,30,34). The monoisotopic (exact) mass is 496 g/mol. The molecule has 1 aliphatic rings. The van der Waals surface area contributed by atoms with Crippen LogP contribution in [-0.4, -0.2) is 33.9 Å². The number of rotatable bonds is 7. The van der Waals surface area contributed by atoms with Gasteiger partial charge in [0.05, 0.1) is 11.6 Å². The summed E-state index contributed by atoms with van der Waals surface area (Å²) >= 11 is 1.68. The van der Waals surface area contributed by atoms with Gasteiger partial charge in [0.1, 0.15) is 0 Å². The Labute approximate surface area is 215 Å². The smallest absolute Gasteiger partial charge is 0.322 e. The molecule has 0 aliphatic carbocycles. The average molecular weight is 497 g/mol. The van der Waals surface area contributed by atoms with Crippen LogP contribution in [0, 0.1) is 6.92 Å². The van der Waals surface area contributed by atoms with Crippen LogP contribution in [0.15, 0.2) is 94.0 Å². The Morgan fingerprint density at radius 2 is 1.69 bits per heavy atom. The van der Waals surface area contributed by atoms with Gasteiger partial charge in [0.25, 0.3) is 5.89 Å². The van der Waals surface area contributed by atoms with Crippen LogP contribution in [0.5, 0.6) is 0 Å². The van der Waals surface area contributed by atoms with E-state index in [0.29, 0.717) is 18.3 Å². The van der Waals surface area contributed by atoms with Gasteiger partial charge in [-0.1, -0.05) is 77.5 Å². The maximum absolute atomic E-state index is 13.3. The highest BCUT2D eigenvalue weighted by Crippen LogP contribution is 2.37. The molecule has 0 radical (unpaired) electrons. The first-order chi connectivity index (χ1) is 17.5. The van der Waals surface area contributed by atoms with Crippen LogP contribution in [0.4, 0.5) is 4.79 Å². The first kappa shape index (κ1) is 23.9. The van der Waals surface area contributed by atoms with Gasteiger partial charge in [-0.25, -0.2) is 4.79 Å². The number of nitrogens with one attached hydrogen (secondary N) is 1. The van der Waals surface area contributed by atoms with E-state index in [1.807, 2.05) is 74.7 Å². The summed E-state index contributed by atoms with van der Waals surface area (Å²) in [5.41, 5.74) is 5.81. The van der Waals surface area contributed by atoms with Gasteiger partial charge in [-0.15, -0.1) is 11.8 Å². The predicted octanol–water partition coefficient (Wildman–Crippen LogP) is 6.51. The Balaban J connectivity index is 1.54. The van der Waals surface area contributed by atoms with Gasteiger partial charge in [-0.2, -0.15) is 4.98 Å². The number of benzene rings is 3. The summed E-state index contributed by atoms with van der Waals surface area (Å²) < 4.78 is 5.80. The molecule has 36 heavy (non-hydrogen) atoms. The zero-order valence-electron chi connectivity index (χ0n) is 20.6. The zero-order chi connectivity index (χ0) is 25.1. The van der Waals surface area contributed by atoms with E-state index in [2.05, 4.69) is 34.7 Å². The molecule has 2 heterocycles. The second kappa shape index (κ2) is 10.4. The molecule has 6 nitrogen and oxygen atoms in total. The highest BCUT2D eigenvalue weighted by Gasteiger charge is 2.35. The fourth-order valence-electron chi connectivity index (χ4n) is 4.41. The van der Waals surface area contributed by atoms with Crippen molar-refractivity contribution in [2.75, 3.05) is 12.8 Å². The molecule has 0 fully saturated rings. The Hall–Kier alpha value is -3.84. The van der Waals surface area contributed by atoms with Gasteiger partial charge < -0.3 is 9.84 Å². The molecule has 0 saturated carbocycles. The van der Waals surface area contributed by atoms with E-state index in [4.69, 9.17) is 9.51 Å². The third kappa shape index (κ3) is 4.93. The molecule has 0 saturated heterocycles. The van der Waals surface area contributed by atoms with Crippen LogP contribution in [0.25, 0.3) is 17.0 Å². The molecule has 1 unspecified atom stereocenters. The molecule has 1 aromatic heterocycles. The second-order valence-corrected chi connectivity index (χ2v) is 9.71. The normalized spacial score (nSPS) is 15.8. The van der Waals surface area contributed by atoms with E-state index in [0.717, 1.165) is 33.7 Å². The number of aromatic nitrogens is 2. The lowest BCUT2D eigenvalue weighted by Gasteiger charge is -2.35. The molecule has 4 aromatic rings. The van der Waals surface area contributed by atoms with Crippen LogP contribution in [0.2, 0.25) is 0 Å². The predicted molar refractivity (Wildman–Crippen MR) is 143 cm³/mol. The number of urea groups is 1. The fourth-order valence-corrected chi connectivity index (χ4v) is 4.82. The number of amides is 2. The number of nitrogens with zero attached hydrogens (tertiary/aromatic N) is 3. The van der Waals surface area contributed by atoms with Gasteiger partial charge >= 0.3 is 6.03 Å². The quantitative estimate of drug-likeness (QED) is 0.296. The number of thioether (sulfide) groups is 1. The molecule has 2 amide bonds. The molecule has 1 N–H and O–H groups in total. The van der Waals surface area contributed by atoms with E-state index >= 15 is 0 Å². The van der Waals surface area contributed by atoms with Gasteiger partial charge in [0.2, 0.25) is 5.82 Å². The van der Waals surface area contributed by atoms with E-state index in [1.165, 1.54) is 11.1 Å². The van der Waals surface area contributed by atoms with E-state index in [1.54, 1.807) is 16.7 Å². The number of hydrogen-bond acceptors (Lipinski definition) is 5. The minimum Gasteiger partial charge on any atom is -0.334 e. The molecule has 1 atom stereocenters. The molecule has 0 bridgehead atoms. The molecule has 7 heteroatoms. The molecule has 1 aliphatic heterocycles. The Morgan fingerprint density at radius 1 is 0.972 bits per heavy atom. The number of hydrogen-bond donors (Lipinski definition) is 1. The van der Waals surface area contributed by atoms with E-state index in [-0.39, 0.29) is 6.03 Å². The summed E-state index contributed by atoms with van der Waals surface area (Å²) in [5, 5.41) is 7.45. The lowest BCUT2D eigenvalue weighted by atomic mass is 9.94. The van der Waals surface area contributed by atoms with Crippen molar-refractivity contribution in [1.82, 2.24) is 20.4 Å². The number of allylic oxidation sites excluding steroid dienone is 1. The number of carbonyl (C=O) groups is 1. The second-order valence-electron chi connectivity index (χ2n) is 8.83. The first-order valence-corrected chi connectivity index (χ1v) is 13.1. The summed E-state index contributed by atoms with van der Waals surface area (Å²) in [6, 6.07) is 25.9. The summed E-state index contributed by atoms with van der Waals surface area (Å²) in [5.74, 6) is 0.932. The highest BCUT2D eigenvalue weighted by atomic mass is 32.2. The van der Waals surface area contributed by atoms with E-state index < -0.39 is 6.04 Å². The van der Waals surface area contributed by atoms with Crippen molar-refractivity contribution in [3.8, 4) is 11.4 Å². The highest BCUT2D eigenvalue weighted by molar-refractivity contribution is 7.98. The number of aryl methyl sites for hydroxylation is 1. The van der Waals surface area contributed by atoms with Crippen LogP contribution < -0.4 is 5.32 Å². The molecule has 182 valence electrons. The van der Waals surface area contributed by atoms with Crippen LogP contribution >= 0.6 is 11.8 Å². The summed E-state index contributed by atoms with van der Waals surface area (Å²) in [7, 11) is 0. The lowest BCUT2D eigenvalue weighted by Crippen LogP contribution is -2.46. The third-order valence-electron chi connectivity index (χ3n) is 6.48. The van der Waals surface area contributed by atoms with Crippen molar-refractivity contribution in [2.24, 2.45) is 0 Å². The van der Waals surface area contributed by atoms with Crippen LogP contribution in [0.3, 0.4) is 0 Å².